The highest BCUT2D eigenvalue weighted by Crippen LogP contribution is 2.22. The van der Waals surface area contributed by atoms with Crippen molar-refractivity contribution in [3.8, 4) is 0 Å². The van der Waals surface area contributed by atoms with E-state index in [0.29, 0.717) is 0 Å². The number of aliphatic hydroxyl groups excluding tert-OH is 3. The molecule has 5 nitrogen and oxygen atoms in total. The van der Waals surface area contributed by atoms with Gasteiger partial charge in [0.15, 0.2) is 11.1 Å². The summed E-state index contributed by atoms with van der Waals surface area (Å²) in [7, 11) is 0. The summed E-state index contributed by atoms with van der Waals surface area (Å²) in [5, 5.41) is 29.9. The van der Waals surface area contributed by atoms with Gasteiger partial charge in [0.2, 0.25) is 0 Å². The molecule has 0 radical (unpaired) electrons. The van der Waals surface area contributed by atoms with Gasteiger partial charge in [-0.25, -0.2) is 4.21 Å². The topological polar surface area (TPSA) is 87.0 Å². The van der Waals surface area contributed by atoms with Crippen molar-refractivity contribution in [2.24, 2.45) is 5.92 Å². The molecule has 5 atom stereocenters. The van der Waals surface area contributed by atoms with Gasteiger partial charge in [-0.3, -0.25) is 4.18 Å². The molecule has 0 spiro atoms. The Morgan fingerprint density at radius 1 is 1.15 bits per heavy atom. The molecule has 0 saturated carbocycles. The smallest absolute Gasteiger partial charge is 0.152 e. The van der Waals surface area contributed by atoms with Gasteiger partial charge < -0.3 is 15.3 Å². The number of aliphatic hydroxyl groups is 3. The van der Waals surface area contributed by atoms with Crippen LogP contribution in [-0.4, -0.2) is 44.6 Å². The molecule has 1 unspecified atom stereocenters. The molecule has 1 aromatic rings. The summed E-state index contributed by atoms with van der Waals surface area (Å²) in [6.45, 7) is 1.55. The highest BCUT2D eigenvalue weighted by molar-refractivity contribution is 7.79. The second kappa shape index (κ2) is 8.49. The summed E-state index contributed by atoms with van der Waals surface area (Å²) in [6, 6.07) is 9.03. The van der Waals surface area contributed by atoms with E-state index in [-0.39, 0.29) is 13.0 Å². The van der Waals surface area contributed by atoms with Gasteiger partial charge in [-0.2, -0.15) is 0 Å². The van der Waals surface area contributed by atoms with E-state index in [0.717, 1.165) is 5.56 Å². The summed E-state index contributed by atoms with van der Waals surface area (Å²) in [6.07, 6.45) is -1.11. The fourth-order valence-corrected chi connectivity index (χ4v) is 2.16. The summed E-state index contributed by atoms with van der Waals surface area (Å²) in [4.78, 5) is 0. The molecule has 0 aliphatic heterocycles. The molecule has 1 aromatic carbocycles. The van der Waals surface area contributed by atoms with Crippen LogP contribution in [0.15, 0.2) is 30.3 Å². The zero-order valence-electron chi connectivity index (χ0n) is 11.7. The quantitative estimate of drug-likeness (QED) is 0.660. The van der Waals surface area contributed by atoms with Gasteiger partial charge in [0.1, 0.15) is 0 Å². The monoisotopic (exact) mass is 302 g/mol. The van der Waals surface area contributed by atoms with Crippen LogP contribution in [0.1, 0.15) is 25.0 Å². The molecule has 114 valence electrons. The van der Waals surface area contributed by atoms with Gasteiger partial charge >= 0.3 is 0 Å². The Morgan fingerprint density at radius 3 is 2.30 bits per heavy atom. The Labute approximate surface area is 121 Å². The molecule has 6 heteroatoms. The highest BCUT2D eigenvalue weighted by Gasteiger charge is 2.25. The maximum atomic E-state index is 10.8. The minimum atomic E-state index is -1.45. The third-order valence-corrected chi connectivity index (χ3v) is 3.74. The van der Waals surface area contributed by atoms with E-state index < -0.39 is 35.3 Å². The lowest BCUT2D eigenvalue weighted by Gasteiger charge is -2.25. The van der Waals surface area contributed by atoms with Crippen LogP contribution in [0, 0.1) is 5.92 Å². The molecule has 0 bridgehead atoms. The summed E-state index contributed by atoms with van der Waals surface area (Å²) in [5.41, 5.74) is 0.721. The molecule has 0 aliphatic rings. The van der Waals surface area contributed by atoms with E-state index in [1.54, 1.807) is 19.1 Å². The molecule has 0 aromatic heterocycles. The molecule has 0 heterocycles. The molecule has 3 N–H and O–H groups in total. The second-order valence-electron chi connectivity index (χ2n) is 4.84. The first-order chi connectivity index (χ1) is 9.41. The fraction of sp³-hybridized carbons (Fsp3) is 0.571. The van der Waals surface area contributed by atoms with Crippen LogP contribution >= 0.6 is 0 Å². The predicted octanol–water partition coefficient (Wildman–Crippen LogP) is 0.778. The Hall–Kier alpha value is -0.790. The van der Waals surface area contributed by atoms with Gasteiger partial charge in [-0.1, -0.05) is 37.3 Å². The van der Waals surface area contributed by atoms with E-state index in [1.807, 2.05) is 18.2 Å². The normalized spacial score (nSPS) is 19.1. The first-order valence-electron chi connectivity index (χ1n) is 6.47. The van der Waals surface area contributed by atoms with Crippen LogP contribution in [-0.2, 0) is 15.3 Å². The maximum absolute atomic E-state index is 10.8. The van der Waals surface area contributed by atoms with Crippen LogP contribution < -0.4 is 0 Å². The van der Waals surface area contributed by atoms with Crippen LogP contribution in [0.5, 0.6) is 0 Å². The van der Waals surface area contributed by atoms with E-state index >= 15 is 0 Å². The van der Waals surface area contributed by atoms with Crippen molar-refractivity contribution in [3.05, 3.63) is 35.9 Å². The first kappa shape index (κ1) is 17.3. The molecule has 0 amide bonds. The Kier molecular flexibility index (Phi) is 7.32. The summed E-state index contributed by atoms with van der Waals surface area (Å²) in [5.74, 6) is -0.489. The van der Waals surface area contributed by atoms with Crippen molar-refractivity contribution in [3.63, 3.8) is 0 Å². The molecular weight excluding hydrogens is 280 g/mol. The van der Waals surface area contributed by atoms with Crippen LogP contribution in [0.3, 0.4) is 0 Å². The SMILES string of the molecule is C[C@@H]([C@H](O)COS(C)=O)[C@@H](O)C[C@H](O)c1ccccc1. The predicted molar refractivity (Wildman–Crippen MR) is 77.2 cm³/mol. The van der Waals surface area contributed by atoms with E-state index in [2.05, 4.69) is 0 Å². The highest BCUT2D eigenvalue weighted by atomic mass is 32.2. The molecule has 0 aliphatic carbocycles. The number of benzene rings is 1. The average Bonchev–Trinajstić information content (AvgIpc) is 2.44. The van der Waals surface area contributed by atoms with Crippen molar-refractivity contribution >= 4 is 11.1 Å². The fourth-order valence-electron chi connectivity index (χ4n) is 1.83. The van der Waals surface area contributed by atoms with Gasteiger partial charge in [-0.05, 0) is 5.56 Å². The van der Waals surface area contributed by atoms with Gasteiger partial charge in [-0.15, -0.1) is 0 Å². The lowest BCUT2D eigenvalue weighted by Crippen LogP contribution is -2.34. The molecule has 0 fully saturated rings. The van der Waals surface area contributed by atoms with E-state index in [4.69, 9.17) is 4.18 Å². The summed E-state index contributed by atoms with van der Waals surface area (Å²) < 4.78 is 15.6. The second-order valence-corrected chi connectivity index (χ2v) is 5.88. The van der Waals surface area contributed by atoms with Gasteiger partial charge in [0.25, 0.3) is 0 Å². The van der Waals surface area contributed by atoms with Crippen molar-refractivity contribution in [2.75, 3.05) is 12.9 Å². The largest absolute Gasteiger partial charge is 0.393 e. The minimum Gasteiger partial charge on any atom is -0.393 e. The lowest BCUT2D eigenvalue weighted by atomic mass is 9.92. The minimum absolute atomic E-state index is 0.108. The van der Waals surface area contributed by atoms with Crippen LogP contribution in [0.4, 0.5) is 0 Å². The molecule has 1 rings (SSSR count). The van der Waals surface area contributed by atoms with Crippen LogP contribution in [0.25, 0.3) is 0 Å². The molecule has 20 heavy (non-hydrogen) atoms. The summed E-state index contributed by atoms with van der Waals surface area (Å²) >= 11 is -1.45. The number of rotatable bonds is 8. The van der Waals surface area contributed by atoms with Crippen molar-refractivity contribution < 1.29 is 23.7 Å². The Bertz CT molecular complexity index is 411. The third kappa shape index (κ3) is 5.68. The molecule has 0 saturated heterocycles. The van der Waals surface area contributed by atoms with Gasteiger partial charge in [0, 0.05) is 18.6 Å². The van der Waals surface area contributed by atoms with Crippen molar-refractivity contribution in [1.82, 2.24) is 0 Å². The Morgan fingerprint density at radius 2 is 1.75 bits per heavy atom. The zero-order valence-corrected chi connectivity index (χ0v) is 12.5. The van der Waals surface area contributed by atoms with Gasteiger partial charge in [0.05, 0.1) is 24.9 Å². The first-order valence-corrected chi connectivity index (χ1v) is 7.96. The molecular formula is C14H22O5S. The number of hydrogen-bond donors (Lipinski definition) is 3. The average molecular weight is 302 g/mol. The van der Waals surface area contributed by atoms with Crippen LogP contribution in [0.2, 0.25) is 0 Å². The number of hydrogen-bond acceptors (Lipinski definition) is 5. The lowest BCUT2D eigenvalue weighted by molar-refractivity contribution is -0.0209. The van der Waals surface area contributed by atoms with E-state index in [1.165, 1.54) is 6.26 Å². The maximum Gasteiger partial charge on any atom is 0.152 e. The van der Waals surface area contributed by atoms with E-state index in [9.17, 15) is 19.5 Å². The standard InChI is InChI=1S/C14H22O5S/c1-10(14(17)9-19-20(2)18)12(15)8-13(16)11-6-4-3-5-7-11/h3-7,10,12-17H,8-9H2,1-2H3/t10-,12+,13+,14-,20?/m1/s1. The Balaban J connectivity index is 2.48. The van der Waals surface area contributed by atoms with Crippen molar-refractivity contribution in [2.45, 2.75) is 31.7 Å². The van der Waals surface area contributed by atoms with Crippen molar-refractivity contribution in [1.29, 1.82) is 0 Å². The third-order valence-electron chi connectivity index (χ3n) is 3.27. The zero-order chi connectivity index (χ0) is 15.1.